The van der Waals surface area contributed by atoms with Crippen LogP contribution in [0.15, 0.2) is 50.5 Å². The molecule has 3 heterocycles. The Bertz CT molecular complexity index is 1100. The van der Waals surface area contributed by atoms with Gasteiger partial charge in [0.05, 0.1) is 5.56 Å². The van der Waals surface area contributed by atoms with Crippen molar-refractivity contribution in [3.05, 3.63) is 48.0 Å². The van der Waals surface area contributed by atoms with Gasteiger partial charge in [-0.15, -0.1) is 10.2 Å². The lowest BCUT2D eigenvalue weighted by molar-refractivity contribution is 0.361. The first-order valence-corrected chi connectivity index (χ1v) is 11.0. The van der Waals surface area contributed by atoms with Gasteiger partial charge in [0.25, 0.3) is 15.9 Å². The first kappa shape index (κ1) is 19.7. The molecule has 0 atom stereocenters. The molecule has 1 aliphatic rings. The Hall–Kier alpha value is -2.65. The van der Waals surface area contributed by atoms with Gasteiger partial charge >= 0.3 is 0 Å². The number of aromatic nitrogens is 2. The van der Waals surface area contributed by atoms with Gasteiger partial charge in [-0.05, 0) is 18.6 Å². The molecule has 1 aliphatic heterocycles. The van der Waals surface area contributed by atoms with E-state index in [-0.39, 0.29) is 16.9 Å². The minimum Gasteiger partial charge on any atom is -0.451 e. The second-order valence-corrected chi connectivity index (χ2v) is 9.30. The number of anilines is 1. The summed E-state index contributed by atoms with van der Waals surface area (Å²) in [5.74, 6) is 0.845. The van der Waals surface area contributed by atoms with Crippen LogP contribution in [0.3, 0.4) is 0 Å². The number of aryl methyl sites for hydroxylation is 1. The van der Waals surface area contributed by atoms with Gasteiger partial charge in [-0.25, -0.2) is 8.42 Å². The van der Waals surface area contributed by atoms with Crippen molar-refractivity contribution < 1.29 is 17.3 Å². The highest BCUT2D eigenvalue weighted by molar-refractivity contribution is 7.89. The first-order chi connectivity index (χ1) is 13.9. The smallest absolute Gasteiger partial charge is 0.276 e. The maximum Gasteiger partial charge on any atom is 0.276 e. The summed E-state index contributed by atoms with van der Waals surface area (Å²) in [4.78, 5) is 2.21. The van der Waals surface area contributed by atoms with Crippen LogP contribution in [0.2, 0.25) is 0 Å². The number of hydrogen-bond acceptors (Lipinski definition) is 7. The summed E-state index contributed by atoms with van der Waals surface area (Å²) < 4.78 is 38.4. The van der Waals surface area contributed by atoms with Gasteiger partial charge in [-0.1, -0.05) is 32.0 Å². The normalized spacial score (nSPS) is 15.9. The summed E-state index contributed by atoms with van der Waals surface area (Å²) in [6.07, 6.45) is 1.34. The Balaban J connectivity index is 1.48. The highest BCUT2D eigenvalue weighted by atomic mass is 32.2. The highest BCUT2D eigenvalue weighted by Gasteiger charge is 2.32. The predicted octanol–water partition coefficient (Wildman–Crippen LogP) is 3.27. The van der Waals surface area contributed by atoms with E-state index in [0.717, 1.165) is 5.69 Å². The highest BCUT2D eigenvalue weighted by Crippen LogP contribution is 2.28. The fourth-order valence-electron chi connectivity index (χ4n) is 3.36. The van der Waals surface area contributed by atoms with Crippen molar-refractivity contribution in [1.82, 2.24) is 14.5 Å². The van der Waals surface area contributed by atoms with Crippen LogP contribution in [0, 0.1) is 6.92 Å². The Labute approximate surface area is 170 Å². The Kier molecular flexibility index (Phi) is 5.18. The molecule has 3 aromatic rings. The SMILES string of the molecule is Cc1ccccc1N1CCN(S(=O)(=O)c2cc(-c3nnc(C(C)C)o3)co2)CC1. The fraction of sp³-hybridized carbons (Fsp3) is 0.400. The molecule has 8 nitrogen and oxygen atoms in total. The molecule has 0 amide bonds. The van der Waals surface area contributed by atoms with E-state index in [1.54, 1.807) is 0 Å². The summed E-state index contributed by atoms with van der Waals surface area (Å²) >= 11 is 0. The van der Waals surface area contributed by atoms with Crippen LogP contribution in [0.5, 0.6) is 0 Å². The molecule has 0 aliphatic carbocycles. The van der Waals surface area contributed by atoms with E-state index < -0.39 is 10.0 Å². The molecule has 0 spiro atoms. The molecule has 0 bridgehead atoms. The largest absolute Gasteiger partial charge is 0.451 e. The number of nitrogens with zero attached hydrogens (tertiary/aromatic N) is 4. The average Bonchev–Trinajstić information content (AvgIpc) is 3.38. The zero-order valence-corrected chi connectivity index (χ0v) is 17.5. The molecule has 1 fully saturated rings. The summed E-state index contributed by atoms with van der Waals surface area (Å²) in [6.45, 7) is 7.98. The van der Waals surface area contributed by atoms with Gasteiger partial charge in [-0.2, -0.15) is 4.31 Å². The molecule has 0 N–H and O–H groups in total. The van der Waals surface area contributed by atoms with Crippen LogP contribution in [-0.4, -0.2) is 49.1 Å². The van der Waals surface area contributed by atoms with Gasteiger partial charge in [-0.3, -0.25) is 0 Å². The molecular weight excluding hydrogens is 392 g/mol. The maximum atomic E-state index is 13.0. The van der Waals surface area contributed by atoms with Crippen molar-refractivity contribution in [1.29, 1.82) is 0 Å². The Morgan fingerprint density at radius 1 is 1.07 bits per heavy atom. The molecule has 2 aromatic heterocycles. The van der Waals surface area contributed by atoms with Crippen molar-refractivity contribution in [2.45, 2.75) is 31.8 Å². The summed E-state index contributed by atoms with van der Waals surface area (Å²) in [5, 5.41) is 7.84. The topological polar surface area (TPSA) is 92.7 Å². The molecule has 0 radical (unpaired) electrons. The fourth-order valence-corrected chi connectivity index (χ4v) is 4.71. The lowest BCUT2D eigenvalue weighted by Crippen LogP contribution is -2.48. The first-order valence-electron chi connectivity index (χ1n) is 9.59. The number of hydrogen-bond donors (Lipinski definition) is 0. The van der Waals surface area contributed by atoms with Crippen molar-refractivity contribution in [2.75, 3.05) is 31.1 Å². The molecule has 154 valence electrons. The molecule has 0 saturated carbocycles. The van der Waals surface area contributed by atoms with Crippen LogP contribution in [-0.2, 0) is 10.0 Å². The van der Waals surface area contributed by atoms with Crippen LogP contribution in [0.4, 0.5) is 5.69 Å². The van der Waals surface area contributed by atoms with Crippen LogP contribution >= 0.6 is 0 Å². The van der Waals surface area contributed by atoms with Gasteiger partial charge < -0.3 is 13.7 Å². The number of piperazine rings is 1. The van der Waals surface area contributed by atoms with E-state index in [0.29, 0.717) is 37.6 Å². The predicted molar refractivity (Wildman–Crippen MR) is 108 cm³/mol. The van der Waals surface area contributed by atoms with Gasteiger partial charge in [0.1, 0.15) is 6.26 Å². The van der Waals surface area contributed by atoms with Crippen LogP contribution in [0.1, 0.15) is 31.2 Å². The van der Waals surface area contributed by atoms with Crippen molar-refractivity contribution in [3.63, 3.8) is 0 Å². The Morgan fingerprint density at radius 3 is 2.45 bits per heavy atom. The molecule has 1 saturated heterocycles. The number of sulfonamides is 1. The number of furan rings is 1. The van der Waals surface area contributed by atoms with E-state index in [1.807, 2.05) is 26.0 Å². The third kappa shape index (κ3) is 3.79. The lowest BCUT2D eigenvalue weighted by Gasteiger charge is -2.35. The second-order valence-electron chi connectivity index (χ2n) is 7.43. The van der Waals surface area contributed by atoms with E-state index in [9.17, 15) is 8.42 Å². The average molecular weight is 417 g/mol. The van der Waals surface area contributed by atoms with Crippen molar-refractivity contribution in [3.8, 4) is 11.5 Å². The number of para-hydroxylation sites is 1. The van der Waals surface area contributed by atoms with E-state index in [1.165, 1.54) is 22.2 Å². The molecule has 4 rings (SSSR count). The second kappa shape index (κ2) is 7.64. The monoisotopic (exact) mass is 416 g/mol. The minimum absolute atomic E-state index is 0.0934. The summed E-state index contributed by atoms with van der Waals surface area (Å²) in [6, 6.07) is 9.57. The molecule has 0 unspecified atom stereocenters. The molecule has 1 aromatic carbocycles. The van der Waals surface area contributed by atoms with Gasteiger partial charge in [0.2, 0.25) is 11.0 Å². The van der Waals surface area contributed by atoms with Crippen LogP contribution < -0.4 is 4.90 Å². The van der Waals surface area contributed by atoms with Crippen molar-refractivity contribution in [2.24, 2.45) is 0 Å². The lowest BCUT2D eigenvalue weighted by atomic mass is 10.1. The van der Waals surface area contributed by atoms with E-state index in [4.69, 9.17) is 8.83 Å². The zero-order valence-electron chi connectivity index (χ0n) is 16.7. The number of rotatable bonds is 5. The third-order valence-electron chi connectivity index (χ3n) is 5.05. The van der Waals surface area contributed by atoms with Gasteiger partial charge in [0.15, 0.2) is 0 Å². The third-order valence-corrected chi connectivity index (χ3v) is 6.81. The summed E-state index contributed by atoms with van der Waals surface area (Å²) in [7, 11) is -3.72. The maximum absolute atomic E-state index is 13.0. The van der Waals surface area contributed by atoms with Gasteiger partial charge in [0, 0.05) is 43.9 Å². The quantitative estimate of drug-likeness (QED) is 0.630. The number of benzene rings is 1. The van der Waals surface area contributed by atoms with E-state index in [2.05, 4.69) is 34.2 Å². The molecule has 9 heteroatoms. The summed E-state index contributed by atoms with van der Waals surface area (Å²) in [5.41, 5.74) is 2.78. The minimum atomic E-state index is -3.72. The molecule has 29 heavy (non-hydrogen) atoms. The molecular formula is C20H24N4O4S. The van der Waals surface area contributed by atoms with Crippen molar-refractivity contribution >= 4 is 15.7 Å². The van der Waals surface area contributed by atoms with E-state index >= 15 is 0 Å². The standard InChI is InChI=1S/C20H24N4O4S/c1-14(2)19-21-22-20(28-19)16-12-18(27-13-16)29(25,26)24-10-8-23(9-11-24)17-7-5-4-6-15(17)3/h4-7,12-14H,8-11H2,1-3H3. The Morgan fingerprint density at radius 2 is 1.79 bits per heavy atom. The van der Waals surface area contributed by atoms with Crippen LogP contribution in [0.25, 0.3) is 11.5 Å². The zero-order chi connectivity index (χ0) is 20.6.